The molecular formula is C14H13NO3. The van der Waals surface area contributed by atoms with Crippen LogP contribution in [0.5, 0.6) is 0 Å². The zero-order chi connectivity index (χ0) is 12.5. The van der Waals surface area contributed by atoms with E-state index in [2.05, 4.69) is 5.16 Å². The van der Waals surface area contributed by atoms with Gasteiger partial charge in [-0.05, 0) is 12.0 Å². The maximum Gasteiger partial charge on any atom is 0.242 e. The topological polar surface area (TPSA) is 58.9 Å². The summed E-state index contributed by atoms with van der Waals surface area (Å²) in [5.41, 5.74) is 1.59. The van der Waals surface area contributed by atoms with Crippen LogP contribution in [0, 0.1) is 0 Å². The molecule has 0 saturated heterocycles. The molecule has 2 aliphatic rings. The average molecular weight is 243 g/mol. The highest BCUT2D eigenvalue weighted by Crippen LogP contribution is 2.41. The van der Waals surface area contributed by atoms with Crippen LogP contribution in [0.3, 0.4) is 0 Å². The highest BCUT2D eigenvalue weighted by atomic mass is 16.5. The molecule has 92 valence electrons. The van der Waals surface area contributed by atoms with E-state index in [1.807, 2.05) is 30.3 Å². The van der Waals surface area contributed by atoms with Crippen molar-refractivity contribution in [3.63, 3.8) is 0 Å². The number of rotatable bonds is 1. The third-order valence-corrected chi connectivity index (χ3v) is 3.40. The van der Waals surface area contributed by atoms with Crippen LogP contribution in [0.15, 0.2) is 46.8 Å². The quantitative estimate of drug-likeness (QED) is 0.609. The molecular weight excluding hydrogens is 230 g/mol. The van der Waals surface area contributed by atoms with E-state index in [4.69, 9.17) is 9.94 Å². The van der Waals surface area contributed by atoms with Crippen LogP contribution in [0.4, 0.5) is 0 Å². The summed E-state index contributed by atoms with van der Waals surface area (Å²) in [6.45, 7) is 0. The normalized spacial score (nSPS) is 25.2. The monoisotopic (exact) mass is 243 g/mol. The molecule has 0 fully saturated rings. The SMILES string of the molecule is O=C1CCCC2=C1C(c1ccccc1)C(=NO)O2. The number of benzene rings is 1. The van der Waals surface area contributed by atoms with Gasteiger partial charge in [0.25, 0.3) is 0 Å². The fourth-order valence-corrected chi connectivity index (χ4v) is 2.60. The molecule has 1 unspecified atom stereocenters. The lowest BCUT2D eigenvalue weighted by molar-refractivity contribution is -0.116. The van der Waals surface area contributed by atoms with E-state index in [1.54, 1.807) is 0 Å². The maximum absolute atomic E-state index is 12.0. The minimum Gasteiger partial charge on any atom is -0.443 e. The molecule has 1 atom stereocenters. The number of allylic oxidation sites excluding steroid dienone is 1. The van der Waals surface area contributed by atoms with E-state index >= 15 is 0 Å². The van der Waals surface area contributed by atoms with Gasteiger partial charge in [0.1, 0.15) is 5.76 Å². The van der Waals surface area contributed by atoms with Crippen LogP contribution in [-0.4, -0.2) is 16.9 Å². The number of Topliss-reactive ketones (excluding diaryl/α,β-unsaturated/α-hetero) is 1. The Kier molecular flexibility index (Phi) is 2.63. The van der Waals surface area contributed by atoms with Gasteiger partial charge in [0.2, 0.25) is 5.90 Å². The number of hydrogen-bond donors (Lipinski definition) is 1. The molecule has 0 radical (unpaired) electrons. The molecule has 3 rings (SSSR count). The van der Waals surface area contributed by atoms with Crippen LogP contribution in [0.2, 0.25) is 0 Å². The highest BCUT2D eigenvalue weighted by Gasteiger charge is 2.40. The molecule has 1 N–H and O–H groups in total. The zero-order valence-electron chi connectivity index (χ0n) is 9.80. The van der Waals surface area contributed by atoms with Crippen molar-refractivity contribution in [3.05, 3.63) is 47.2 Å². The van der Waals surface area contributed by atoms with Crippen molar-refractivity contribution >= 4 is 11.7 Å². The predicted octanol–water partition coefficient (Wildman–Crippen LogP) is 2.60. The Morgan fingerprint density at radius 2 is 2.00 bits per heavy atom. The summed E-state index contributed by atoms with van der Waals surface area (Å²) in [7, 11) is 0. The summed E-state index contributed by atoms with van der Waals surface area (Å²) in [5, 5.41) is 12.3. The predicted molar refractivity (Wildman–Crippen MR) is 65.4 cm³/mol. The Hall–Kier alpha value is -2.10. The highest BCUT2D eigenvalue weighted by molar-refractivity contribution is 6.07. The summed E-state index contributed by atoms with van der Waals surface area (Å²) in [5.74, 6) is 0.636. The number of ketones is 1. The first kappa shape index (κ1) is 11.0. The molecule has 0 amide bonds. The average Bonchev–Trinajstić information content (AvgIpc) is 2.79. The number of nitrogens with zero attached hydrogens (tertiary/aromatic N) is 1. The molecule has 1 aromatic carbocycles. The second-order valence-corrected chi connectivity index (χ2v) is 4.50. The van der Waals surface area contributed by atoms with Gasteiger partial charge < -0.3 is 9.94 Å². The third-order valence-electron chi connectivity index (χ3n) is 3.40. The van der Waals surface area contributed by atoms with E-state index in [-0.39, 0.29) is 17.6 Å². The molecule has 1 aliphatic carbocycles. The van der Waals surface area contributed by atoms with Gasteiger partial charge in [0.15, 0.2) is 5.78 Å². The van der Waals surface area contributed by atoms with Gasteiger partial charge in [0.05, 0.1) is 11.5 Å². The zero-order valence-corrected chi connectivity index (χ0v) is 9.80. The third kappa shape index (κ3) is 1.61. The van der Waals surface area contributed by atoms with Crippen LogP contribution >= 0.6 is 0 Å². The van der Waals surface area contributed by atoms with E-state index in [0.29, 0.717) is 17.8 Å². The fraction of sp³-hybridized carbons (Fsp3) is 0.286. The van der Waals surface area contributed by atoms with Gasteiger partial charge in [0, 0.05) is 12.8 Å². The molecule has 4 nitrogen and oxygen atoms in total. The lowest BCUT2D eigenvalue weighted by atomic mass is 9.84. The van der Waals surface area contributed by atoms with E-state index in [0.717, 1.165) is 18.4 Å². The number of carbonyl (C=O) groups excluding carboxylic acids is 1. The largest absolute Gasteiger partial charge is 0.443 e. The Balaban J connectivity index is 2.10. The molecule has 0 aromatic heterocycles. The second-order valence-electron chi connectivity index (χ2n) is 4.50. The standard InChI is InChI=1S/C14H13NO3/c16-10-7-4-8-11-13(10)12(14(15-17)18-11)9-5-2-1-3-6-9/h1-3,5-6,12,17H,4,7-8H2. The first-order valence-corrected chi connectivity index (χ1v) is 6.02. The second kappa shape index (κ2) is 4.29. The number of ether oxygens (including phenoxy) is 1. The Morgan fingerprint density at radius 3 is 2.72 bits per heavy atom. The first-order chi connectivity index (χ1) is 8.81. The molecule has 1 aliphatic heterocycles. The minimum atomic E-state index is -0.348. The van der Waals surface area contributed by atoms with Gasteiger partial charge in [-0.25, -0.2) is 0 Å². The van der Waals surface area contributed by atoms with Crippen molar-refractivity contribution in [2.24, 2.45) is 5.16 Å². The molecule has 4 heteroatoms. The summed E-state index contributed by atoms with van der Waals surface area (Å²) >= 11 is 0. The Bertz CT molecular complexity index is 545. The molecule has 1 aromatic rings. The van der Waals surface area contributed by atoms with Crippen molar-refractivity contribution in [3.8, 4) is 0 Å². The number of hydrogen-bond acceptors (Lipinski definition) is 4. The van der Waals surface area contributed by atoms with Crippen molar-refractivity contribution in [2.45, 2.75) is 25.2 Å². The van der Waals surface area contributed by atoms with Crippen molar-refractivity contribution < 1.29 is 14.7 Å². The maximum atomic E-state index is 12.0. The summed E-state index contributed by atoms with van der Waals surface area (Å²) in [6.07, 6.45) is 2.09. The van der Waals surface area contributed by atoms with Gasteiger partial charge in [-0.1, -0.05) is 35.5 Å². The first-order valence-electron chi connectivity index (χ1n) is 6.02. The molecule has 0 saturated carbocycles. The van der Waals surface area contributed by atoms with E-state index in [9.17, 15) is 4.79 Å². The van der Waals surface area contributed by atoms with Crippen molar-refractivity contribution in [1.29, 1.82) is 0 Å². The summed E-state index contributed by atoms with van der Waals surface area (Å²) in [6, 6.07) is 9.54. The summed E-state index contributed by atoms with van der Waals surface area (Å²) < 4.78 is 5.51. The van der Waals surface area contributed by atoms with Crippen LogP contribution in [0.1, 0.15) is 30.7 Å². The molecule has 0 spiro atoms. The lowest BCUT2D eigenvalue weighted by Crippen LogP contribution is -2.16. The van der Waals surface area contributed by atoms with Gasteiger partial charge in [-0.2, -0.15) is 0 Å². The molecule has 0 bridgehead atoms. The van der Waals surface area contributed by atoms with Crippen LogP contribution < -0.4 is 0 Å². The van der Waals surface area contributed by atoms with Gasteiger partial charge in [-0.3, -0.25) is 4.79 Å². The lowest BCUT2D eigenvalue weighted by Gasteiger charge is -2.14. The van der Waals surface area contributed by atoms with Crippen molar-refractivity contribution in [1.82, 2.24) is 0 Å². The fourth-order valence-electron chi connectivity index (χ4n) is 2.60. The minimum absolute atomic E-state index is 0.101. The smallest absolute Gasteiger partial charge is 0.242 e. The number of carbonyl (C=O) groups is 1. The van der Waals surface area contributed by atoms with Gasteiger partial charge >= 0.3 is 0 Å². The van der Waals surface area contributed by atoms with Crippen LogP contribution in [0.25, 0.3) is 0 Å². The van der Waals surface area contributed by atoms with E-state index in [1.165, 1.54) is 0 Å². The number of oxime groups is 1. The van der Waals surface area contributed by atoms with Gasteiger partial charge in [-0.15, -0.1) is 0 Å². The van der Waals surface area contributed by atoms with Crippen molar-refractivity contribution in [2.75, 3.05) is 0 Å². The Morgan fingerprint density at radius 1 is 1.22 bits per heavy atom. The Labute approximate surface area is 105 Å². The summed E-state index contributed by atoms with van der Waals surface area (Å²) in [4.78, 5) is 12.0. The van der Waals surface area contributed by atoms with E-state index < -0.39 is 0 Å². The molecule has 18 heavy (non-hydrogen) atoms. The molecule has 1 heterocycles. The van der Waals surface area contributed by atoms with Crippen LogP contribution in [-0.2, 0) is 9.53 Å².